The van der Waals surface area contributed by atoms with Crippen LogP contribution >= 0.6 is 0 Å². The van der Waals surface area contributed by atoms with E-state index < -0.39 is 6.16 Å². The molecule has 0 heterocycles. The van der Waals surface area contributed by atoms with Crippen molar-refractivity contribution in [3.8, 4) is 11.5 Å². The van der Waals surface area contributed by atoms with E-state index in [0.29, 0.717) is 11.5 Å². The van der Waals surface area contributed by atoms with Crippen LogP contribution in [0.15, 0.2) is 24.3 Å². The molecule has 4 heteroatoms. The standard InChI is InChI=1S/C23H30O4/c1-8-26-23(25)27-22-17(7)10-15(5)12-19(22)20(13(2)3)18-11-14(4)9-16(6)21(18)24/h9-13,20,24H,8H2,1-7H3. The van der Waals surface area contributed by atoms with E-state index in [9.17, 15) is 9.90 Å². The van der Waals surface area contributed by atoms with Crippen molar-refractivity contribution < 1.29 is 19.4 Å². The maximum atomic E-state index is 12.0. The van der Waals surface area contributed by atoms with Gasteiger partial charge in [-0.05, 0) is 51.7 Å². The molecule has 0 aliphatic carbocycles. The van der Waals surface area contributed by atoms with E-state index in [2.05, 4.69) is 13.8 Å². The highest BCUT2D eigenvalue weighted by atomic mass is 16.7. The minimum Gasteiger partial charge on any atom is -0.507 e. The first-order valence-corrected chi connectivity index (χ1v) is 9.41. The van der Waals surface area contributed by atoms with Crippen LogP contribution in [-0.4, -0.2) is 17.9 Å². The molecule has 2 rings (SSSR count). The van der Waals surface area contributed by atoms with Crippen LogP contribution in [0, 0.1) is 33.6 Å². The lowest BCUT2D eigenvalue weighted by Gasteiger charge is -2.27. The third-order valence-electron chi connectivity index (χ3n) is 4.71. The number of rotatable bonds is 5. The maximum absolute atomic E-state index is 12.0. The Labute approximate surface area is 162 Å². The Morgan fingerprint density at radius 2 is 1.52 bits per heavy atom. The lowest BCUT2D eigenvalue weighted by molar-refractivity contribution is 0.103. The van der Waals surface area contributed by atoms with E-state index in [0.717, 1.165) is 33.4 Å². The van der Waals surface area contributed by atoms with Gasteiger partial charge in [-0.15, -0.1) is 0 Å². The summed E-state index contributed by atoms with van der Waals surface area (Å²) in [5.74, 6) is 0.867. The van der Waals surface area contributed by atoms with Crippen molar-refractivity contribution in [2.75, 3.05) is 6.61 Å². The van der Waals surface area contributed by atoms with Crippen molar-refractivity contribution in [2.45, 2.75) is 54.4 Å². The molecule has 146 valence electrons. The fraction of sp³-hybridized carbons (Fsp3) is 0.435. The second-order valence-electron chi connectivity index (χ2n) is 7.53. The first-order chi connectivity index (χ1) is 12.6. The van der Waals surface area contributed by atoms with Crippen molar-refractivity contribution in [1.29, 1.82) is 0 Å². The number of phenolic OH excluding ortho intramolecular Hbond substituents is 1. The second kappa shape index (κ2) is 8.47. The van der Waals surface area contributed by atoms with Gasteiger partial charge in [0, 0.05) is 17.0 Å². The van der Waals surface area contributed by atoms with Crippen molar-refractivity contribution in [3.05, 3.63) is 57.6 Å². The predicted octanol–water partition coefficient (Wildman–Crippen LogP) is 5.95. The lowest BCUT2D eigenvalue weighted by atomic mass is 9.79. The number of benzene rings is 2. The van der Waals surface area contributed by atoms with Crippen molar-refractivity contribution in [3.63, 3.8) is 0 Å². The Morgan fingerprint density at radius 1 is 0.963 bits per heavy atom. The Hall–Kier alpha value is -2.49. The molecule has 0 aliphatic heterocycles. The number of aromatic hydroxyl groups is 1. The molecule has 0 amide bonds. The molecule has 2 aromatic rings. The zero-order chi connectivity index (χ0) is 20.3. The minimum absolute atomic E-state index is 0.119. The van der Waals surface area contributed by atoms with Crippen LogP contribution < -0.4 is 4.74 Å². The first kappa shape index (κ1) is 20.8. The number of hydrogen-bond donors (Lipinski definition) is 1. The highest BCUT2D eigenvalue weighted by Crippen LogP contribution is 2.43. The van der Waals surface area contributed by atoms with Crippen LogP contribution in [0.2, 0.25) is 0 Å². The monoisotopic (exact) mass is 370 g/mol. The average Bonchev–Trinajstić information content (AvgIpc) is 2.55. The van der Waals surface area contributed by atoms with Gasteiger partial charge < -0.3 is 14.6 Å². The Balaban J connectivity index is 2.69. The molecular weight excluding hydrogens is 340 g/mol. The highest BCUT2D eigenvalue weighted by Gasteiger charge is 2.28. The summed E-state index contributed by atoms with van der Waals surface area (Å²) in [5.41, 5.74) is 5.61. The number of hydrogen-bond acceptors (Lipinski definition) is 4. The molecule has 1 unspecified atom stereocenters. The first-order valence-electron chi connectivity index (χ1n) is 9.41. The maximum Gasteiger partial charge on any atom is 0.513 e. The highest BCUT2D eigenvalue weighted by molar-refractivity contribution is 5.66. The van der Waals surface area contributed by atoms with Gasteiger partial charge in [0.15, 0.2) is 0 Å². The summed E-state index contributed by atoms with van der Waals surface area (Å²) >= 11 is 0. The van der Waals surface area contributed by atoms with Crippen LogP contribution in [0.3, 0.4) is 0 Å². The van der Waals surface area contributed by atoms with E-state index in [-0.39, 0.29) is 18.4 Å². The Bertz CT molecular complexity index is 837. The summed E-state index contributed by atoms with van der Waals surface area (Å²) in [4.78, 5) is 12.0. The van der Waals surface area contributed by atoms with Crippen molar-refractivity contribution >= 4 is 6.16 Å². The molecule has 0 radical (unpaired) electrons. The Morgan fingerprint density at radius 3 is 2.07 bits per heavy atom. The molecule has 0 aromatic heterocycles. The summed E-state index contributed by atoms with van der Waals surface area (Å²) in [6.07, 6.45) is -0.710. The van der Waals surface area contributed by atoms with Gasteiger partial charge in [-0.3, -0.25) is 0 Å². The molecule has 2 aromatic carbocycles. The minimum atomic E-state index is -0.710. The average molecular weight is 370 g/mol. The molecular formula is C23H30O4. The van der Waals surface area contributed by atoms with Crippen LogP contribution in [0.5, 0.6) is 11.5 Å². The van der Waals surface area contributed by atoms with Crippen molar-refractivity contribution in [2.24, 2.45) is 5.92 Å². The van der Waals surface area contributed by atoms with Gasteiger partial charge in [0.05, 0.1) is 6.61 Å². The molecule has 0 fully saturated rings. The zero-order valence-corrected chi connectivity index (χ0v) is 17.3. The lowest BCUT2D eigenvalue weighted by Crippen LogP contribution is -2.16. The fourth-order valence-electron chi connectivity index (χ4n) is 3.70. The number of carbonyl (C=O) groups is 1. The summed E-state index contributed by atoms with van der Waals surface area (Å²) < 4.78 is 10.6. The van der Waals surface area contributed by atoms with E-state index in [1.807, 2.05) is 52.0 Å². The molecule has 1 N–H and O–H groups in total. The normalized spacial score (nSPS) is 12.1. The topological polar surface area (TPSA) is 55.8 Å². The van der Waals surface area contributed by atoms with E-state index in [1.54, 1.807) is 6.92 Å². The summed E-state index contributed by atoms with van der Waals surface area (Å²) in [7, 11) is 0. The number of aryl methyl sites for hydroxylation is 4. The summed E-state index contributed by atoms with van der Waals surface area (Å²) in [6.45, 7) is 14.1. The quantitative estimate of drug-likeness (QED) is 0.522. The zero-order valence-electron chi connectivity index (χ0n) is 17.3. The SMILES string of the molecule is CCOC(=O)Oc1c(C)cc(C)cc1C(c1cc(C)cc(C)c1O)C(C)C. The molecule has 0 saturated carbocycles. The van der Waals surface area contributed by atoms with Gasteiger partial charge in [0.2, 0.25) is 0 Å². The molecule has 4 nitrogen and oxygen atoms in total. The van der Waals surface area contributed by atoms with Crippen LogP contribution in [-0.2, 0) is 4.74 Å². The van der Waals surface area contributed by atoms with Gasteiger partial charge in [0.1, 0.15) is 11.5 Å². The van der Waals surface area contributed by atoms with Gasteiger partial charge in [-0.2, -0.15) is 0 Å². The number of phenols is 1. The third-order valence-corrected chi connectivity index (χ3v) is 4.71. The third kappa shape index (κ3) is 4.62. The Kier molecular flexibility index (Phi) is 6.53. The van der Waals surface area contributed by atoms with E-state index >= 15 is 0 Å². The molecule has 1 atom stereocenters. The molecule has 0 aliphatic rings. The second-order valence-corrected chi connectivity index (χ2v) is 7.53. The van der Waals surface area contributed by atoms with Crippen molar-refractivity contribution in [1.82, 2.24) is 0 Å². The van der Waals surface area contributed by atoms with Crippen LogP contribution in [0.25, 0.3) is 0 Å². The van der Waals surface area contributed by atoms with E-state index in [1.165, 1.54) is 0 Å². The van der Waals surface area contributed by atoms with Crippen LogP contribution in [0.1, 0.15) is 60.1 Å². The molecule has 0 spiro atoms. The smallest absolute Gasteiger partial charge is 0.507 e. The largest absolute Gasteiger partial charge is 0.513 e. The summed E-state index contributed by atoms with van der Waals surface area (Å²) in [6, 6.07) is 7.99. The van der Waals surface area contributed by atoms with Gasteiger partial charge in [-0.1, -0.05) is 49.2 Å². The molecule has 0 saturated heterocycles. The van der Waals surface area contributed by atoms with Gasteiger partial charge >= 0.3 is 6.16 Å². The number of carbonyl (C=O) groups excluding carboxylic acids is 1. The van der Waals surface area contributed by atoms with Crippen LogP contribution in [0.4, 0.5) is 4.79 Å². The predicted molar refractivity (Wildman–Crippen MR) is 108 cm³/mol. The fourth-order valence-corrected chi connectivity index (χ4v) is 3.70. The summed E-state index contributed by atoms with van der Waals surface area (Å²) in [5, 5.41) is 10.8. The molecule has 0 bridgehead atoms. The number of ether oxygens (including phenoxy) is 2. The van der Waals surface area contributed by atoms with Gasteiger partial charge in [-0.25, -0.2) is 4.79 Å². The molecule has 27 heavy (non-hydrogen) atoms. The van der Waals surface area contributed by atoms with E-state index in [4.69, 9.17) is 9.47 Å². The van der Waals surface area contributed by atoms with Gasteiger partial charge in [0.25, 0.3) is 0 Å².